The molecule has 1 N–H and O–H groups in total. The normalized spacial score (nSPS) is 14.8. The first kappa shape index (κ1) is 19.6. The molecule has 0 spiro atoms. The predicted molar refractivity (Wildman–Crippen MR) is 140 cm³/mol. The molecular formula is C30H27NS. The lowest BCUT2D eigenvalue weighted by Gasteiger charge is -2.22. The van der Waals surface area contributed by atoms with E-state index in [9.17, 15) is 0 Å². The highest BCUT2D eigenvalue weighted by atomic mass is 32.1. The van der Waals surface area contributed by atoms with Crippen LogP contribution in [0.5, 0.6) is 0 Å². The molecule has 1 aliphatic carbocycles. The Morgan fingerprint density at radius 3 is 2.28 bits per heavy atom. The quantitative estimate of drug-likeness (QED) is 0.297. The van der Waals surface area contributed by atoms with E-state index in [2.05, 4.69) is 96.3 Å². The molecule has 1 aliphatic rings. The van der Waals surface area contributed by atoms with E-state index in [4.69, 9.17) is 0 Å². The van der Waals surface area contributed by atoms with Crippen LogP contribution in [0.4, 0.5) is 11.4 Å². The maximum absolute atomic E-state index is 3.68. The third kappa shape index (κ3) is 3.69. The van der Waals surface area contributed by atoms with Gasteiger partial charge in [0.2, 0.25) is 0 Å². The van der Waals surface area contributed by atoms with Gasteiger partial charge in [0.1, 0.15) is 0 Å². The van der Waals surface area contributed by atoms with Crippen molar-refractivity contribution in [2.75, 3.05) is 5.32 Å². The summed E-state index contributed by atoms with van der Waals surface area (Å²) in [4.78, 5) is 0. The standard InChI is InChI=1S/C30H27NS/c1-2-8-21(9-3-1)22-14-17-24(18-15-22)31-28-12-6-4-10-25(28)23-16-19-27-26-11-5-7-13-29(26)32-30(27)20-23/h4-7,10-21,31H,1-3,8-9H2. The van der Waals surface area contributed by atoms with Gasteiger partial charge in [0.05, 0.1) is 0 Å². The maximum Gasteiger partial charge on any atom is 0.0463 e. The monoisotopic (exact) mass is 433 g/mol. The average molecular weight is 434 g/mol. The average Bonchev–Trinajstić information content (AvgIpc) is 3.23. The second-order valence-corrected chi connectivity index (χ2v) is 10.0. The van der Waals surface area contributed by atoms with Gasteiger partial charge in [-0.3, -0.25) is 0 Å². The van der Waals surface area contributed by atoms with Crippen molar-refractivity contribution in [2.24, 2.45) is 0 Å². The largest absolute Gasteiger partial charge is 0.355 e. The Labute approximate surface area is 193 Å². The molecule has 2 heteroatoms. The van der Waals surface area contributed by atoms with Gasteiger partial charge in [0.15, 0.2) is 0 Å². The fourth-order valence-electron chi connectivity index (χ4n) is 5.17. The molecule has 0 bridgehead atoms. The predicted octanol–water partition coefficient (Wildman–Crippen LogP) is 9.51. The molecule has 1 saturated carbocycles. The SMILES string of the molecule is c1ccc(-c2ccc3c(c2)sc2ccccc23)c(Nc2ccc(C3CCCCC3)cc2)c1. The number of hydrogen-bond donors (Lipinski definition) is 1. The van der Waals surface area contributed by atoms with Crippen molar-refractivity contribution in [3.63, 3.8) is 0 Å². The van der Waals surface area contributed by atoms with E-state index >= 15 is 0 Å². The van der Waals surface area contributed by atoms with E-state index in [-0.39, 0.29) is 0 Å². The van der Waals surface area contributed by atoms with Crippen molar-refractivity contribution in [3.8, 4) is 11.1 Å². The summed E-state index contributed by atoms with van der Waals surface area (Å²) >= 11 is 1.87. The lowest BCUT2D eigenvalue weighted by molar-refractivity contribution is 0.443. The van der Waals surface area contributed by atoms with E-state index < -0.39 is 0 Å². The molecule has 1 aromatic heterocycles. The van der Waals surface area contributed by atoms with Gasteiger partial charge in [0, 0.05) is 37.1 Å². The van der Waals surface area contributed by atoms with Gasteiger partial charge in [0.25, 0.3) is 0 Å². The number of anilines is 2. The van der Waals surface area contributed by atoms with Gasteiger partial charge in [-0.2, -0.15) is 0 Å². The Morgan fingerprint density at radius 1 is 0.656 bits per heavy atom. The molecule has 158 valence electrons. The molecule has 0 radical (unpaired) electrons. The van der Waals surface area contributed by atoms with Crippen LogP contribution >= 0.6 is 11.3 Å². The van der Waals surface area contributed by atoms with Crippen LogP contribution in [0.25, 0.3) is 31.3 Å². The fourth-order valence-corrected chi connectivity index (χ4v) is 6.31. The summed E-state index contributed by atoms with van der Waals surface area (Å²) in [6.45, 7) is 0. The lowest BCUT2D eigenvalue weighted by atomic mass is 9.84. The molecule has 32 heavy (non-hydrogen) atoms. The van der Waals surface area contributed by atoms with E-state index in [1.165, 1.54) is 69.0 Å². The Balaban J connectivity index is 1.31. The first-order valence-electron chi connectivity index (χ1n) is 11.7. The van der Waals surface area contributed by atoms with Crippen LogP contribution in [0.15, 0.2) is 91.0 Å². The van der Waals surface area contributed by atoms with Crippen molar-refractivity contribution in [1.82, 2.24) is 0 Å². The van der Waals surface area contributed by atoms with Crippen LogP contribution in [0.2, 0.25) is 0 Å². The van der Waals surface area contributed by atoms with Crippen LogP contribution in [0.3, 0.4) is 0 Å². The van der Waals surface area contributed by atoms with Crippen molar-refractivity contribution in [3.05, 3.63) is 96.6 Å². The van der Waals surface area contributed by atoms with Crippen LogP contribution in [-0.2, 0) is 0 Å². The van der Waals surface area contributed by atoms with Gasteiger partial charge in [-0.05, 0) is 60.2 Å². The summed E-state index contributed by atoms with van der Waals surface area (Å²) in [6, 6.07) is 33.3. The summed E-state index contributed by atoms with van der Waals surface area (Å²) in [5.41, 5.74) is 6.30. The van der Waals surface area contributed by atoms with Crippen molar-refractivity contribution in [1.29, 1.82) is 0 Å². The zero-order valence-corrected chi connectivity index (χ0v) is 19.0. The van der Waals surface area contributed by atoms with Gasteiger partial charge in [-0.1, -0.05) is 79.9 Å². The molecule has 1 heterocycles. The highest BCUT2D eigenvalue weighted by molar-refractivity contribution is 7.25. The molecule has 0 aliphatic heterocycles. The number of rotatable bonds is 4. The first-order chi connectivity index (χ1) is 15.8. The molecule has 1 fully saturated rings. The van der Waals surface area contributed by atoms with Crippen LogP contribution < -0.4 is 5.32 Å². The fraction of sp³-hybridized carbons (Fsp3) is 0.200. The Hall–Kier alpha value is -3.10. The molecule has 6 rings (SSSR count). The molecule has 0 saturated heterocycles. The number of para-hydroxylation sites is 1. The third-order valence-corrected chi connectivity index (χ3v) is 8.02. The lowest BCUT2D eigenvalue weighted by Crippen LogP contribution is -2.04. The summed E-state index contributed by atoms with van der Waals surface area (Å²) in [5.74, 6) is 0.748. The molecule has 0 atom stereocenters. The van der Waals surface area contributed by atoms with Crippen molar-refractivity contribution < 1.29 is 0 Å². The second-order valence-electron chi connectivity index (χ2n) is 8.94. The number of fused-ring (bicyclic) bond motifs is 3. The highest BCUT2D eigenvalue weighted by Crippen LogP contribution is 2.38. The Morgan fingerprint density at radius 2 is 1.41 bits per heavy atom. The second kappa shape index (κ2) is 8.44. The molecule has 0 amide bonds. The van der Waals surface area contributed by atoms with E-state index in [0.29, 0.717) is 0 Å². The van der Waals surface area contributed by atoms with E-state index in [1.54, 1.807) is 0 Å². The minimum Gasteiger partial charge on any atom is -0.355 e. The van der Waals surface area contributed by atoms with Crippen molar-refractivity contribution >= 4 is 42.9 Å². The zero-order valence-electron chi connectivity index (χ0n) is 18.2. The van der Waals surface area contributed by atoms with Crippen LogP contribution in [0.1, 0.15) is 43.6 Å². The van der Waals surface area contributed by atoms with Gasteiger partial charge in [-0.25, -0.2) is 0 Å². The number of thiophene rings is 1. The highest BCUT2D eigenvalue weighted by Gasteiger charge is 2.15. The van der Waals surface area contributed by atoms with Crippen LogP contribution in [0, 0.1) is 0 Å². The Bertz CT molecular complexity index is 1370. The van der Waals surface area contributed by atoms with E-state index in [0.717, 1.165) is 17.3 Å². The molecular weight excluding hydrogens is 406 g/mol. The molecule has 0 unspecified atom stereocenters. The van der Waals surface area contributed by atoms with Gasteiger partial charge in [-0.15, -0.1) is 11.3 Å². The van der Waals surface area contributed by atoms with Crippen LogP contribution in [-0.4, -0.2) is 0 Å². The minimum absolute atomic E-state index is 0.748. The summed E-state index contributed by atoms with van der Waals surface area (Å²) in [5, 5.41) is 6.38. The number of hydrogen-bond acceptors (Lipinski definition) is 2. The molecule has 1 nitrogen and oxygen atoms in total. The third-order valence-electron chi connectivity index (χ3n) is 6.88. The van der Waals surface area contributed by atoms with Crippen molar-refractivity contribution in [2.45, 2.75) is 38.0 Å². The minimum atomic E-state index is 0.748. The first-order valence-corrected chi connectivity index (χ1v) is 12.5. The summed E-state index contributed by atoms with van der Waals surface area (Å²) < 4.78 is 2.69. The maximum atomic E-state index is 3.68. The molecule has 5 aromatic rings. The smallest absolute Gasteiger partial charge is 0.0463 e. The summed E-state index contributed by atoms with van der Waals surface area (Å²) in [6.07, 6.45) is 6.84. The van der Waals surface area contributed by atoms with Gasteiger partial charge < -0.3 is 5.32 Å². The zero-order chi connectivity index (χ0) is 21.3. The summed E-state index contributed by atoms with van der Waals surface area (Å²) in [7, 11) is 0. The number of nitrogens with one attached hydrogen (secondary N) is 1. The Kier molecular flexibility index (Phi) is 5.16. The molecule has 4 aromatic carbocycles. The number of benzene rings is 4. The van der Waals surface area contributed by atoms with Gasteiger partial charge >= 0.3 is 0 Å². The van der Waals surface area contributed by atoms with E-state index in [1.807, 2.05) is 11.3 Å². The topological polar surface area (TPSA) is 12.0 Å².